The van der Waals surface area contributed by atoms with Crippen molar-refractivity contribution in [1.82, 2.24) is 14.9 Å². The minimum atomic E-state index is 0.526. The van der Waals surface area contributed by atoms with Gasteiger partial charge in [-0.25, -0.2) is 0 Å². The molecule has 2 aromatic carbocycles. The highest BCUT2D eigenvalue weighted by atomic mass is 32.1. The summed E-state index contributed by atoms with van der Waals surface area (Å²) in [5, 5.41) is 12.1. The molecule has 4 nitrogen and oxygen atoms in total. The van der Waals surface area contributed by atoms with Gasteiger partial charge in [0.25, 0.3) is 0 Å². The Balaban J connectivity index is 2.01. The lowest BCUT2D eigenvalue weighted by Gasteiger charge is -2.11. The molecule has 1 aliphatic carbocycles. The molecule has 0 fully saturated rings. The normalized spacial score (nSPS) is 13.1. The van der Waals surface area contributed by atoms with Crippen molar-refractivity contribution in [3.8, 4) is 0 Å². The lowest BCUT2D eigenvalue weighted by Crippen LogP contribution is -2.10. The highest BCUT2D eigenvalue weighted by molar-refractivity contribution is 7.71. The zero-order chi connectivity index (χ0) is 16.5. The average Bonchev–Trinajstić information content (AvgIpc) is 2.89. The Morgan fingerprint density at radius 1 is 1.04 bits per heavy atom. The largest absolute Gasteiger partial charge is 0.250 e. The molecule has 1 aromatic heterocycles. The van der Waals surface area contributed by atoms with E-state index in [2.05, 4.69) is 65.7 Å². The SMILES string of the molecule is CCc1n[nH]c(=S)n1N=C1c2ccccc2CCc2ccccc21. The second-order valence-corrected chi connectivity index (χ2v) is 6.26. The van der Waals surface area contributed by atoms with Gasteiger partial charge in [-0.1, -0.05) is 55.5 Å². The van der Waals surface area contributed by atoms with Crippen molar-refractivity contribution in [1.29, 1.82) is 0 Å². The molecule has 0 radical (unpaired) electrons. The summed E-state index contributed by atoms with van der Waals surface area (Å²) in [6, 6.07) is 17.0. The molecule has 1 aliphatic rings. The van der Waals surface area contributed by atoms with Crippen molar-refractivity contribution in [3.05, 3.63) is 81.4 Å². The predicted molar refractivity (Wildman–Crippen MR) is 98.1 cm³/mol. The minimum absolute atomic E-state index is 0.526. The summed E-state index contributed by atoms with van der Waals surface area (Å²) in [6.45, 7) is 2.05. The molecule has 3 aromatic rings. The molecule has 0 bridgehead atoms. The molecular weight excluding hydrogens is 316 g/mol. The number of hydrogen-bond donors (Lipinski definition) is 1. The van der Waals surface area contributed by atoms with E-state index in [9.17, 15) is 0 Å². The lowest BCUT2D eigenvalue weighted by atomic mass is 9.98. The van der Waals surface area contributed by atoms with Gasteiger partial charge in [-0.05, 0) is 36.2 Å². The summed E-state index contributed by atoms with van der Waals surface area (Å²) >= 11 is 5.38. The van der Waals surface area contributed by atoms with Crippen LogP contribution in [-0.2, 0) is 19.3 Å². The van der Waals surface area contributed by atoms with Crippen LogP contribution in [0.4, 0.5) is 0 Å². The van der Waals surface area contributed by atoms with Crippen LogP contribution in [0, 0.1) is 4.77 Å². The van der Waals surface area contributed by atoms with Gasteiger partial charge in [-0.2, -0.15) is 14.9 Å². The Bertz CT molecular complexity index is 931. The summed E-state index contributed by atoms with van der Waals surface area (Å²) in [5.41, 5.74) is 5.95. The van der Waals surface area contributed by atoms with E-state index in [1.54, 1.807) is 4.68 Å². The Labute approximate surface area is 145 Å². The second kappa shape index (κ2) is 6.17. The molecule has 0 aliphatic heterocycles. The first-order valence-electron chi connectivity index (χ1n) is 8.19. The standard InChI is InChI=1S/C19H18N4S/c1-2-17-20-21-19(24)23(17)22-18-15-9-5-3-7-13(15)11-12-14-8-4-6-10-16(14)18/h3-10H,2,11-12H2,1H3,(H,21,24). The highest BCUT2D eigenvalue weighted by Gasteiger charge is 2.19. The Morgan fingerprint density at radius 2 is 1.62 bits per heavy atom. The molecule has 0 amide bonds. The smallest absolute Gasteiger partial charge is 0.216 e. The molecule has 1 heterocycles. The van der Waals surface area contributed by atoms with Gasteiger partial charge in [0, 0.05) is 17.5 Å². The lowest BCUT2D eigenvalue weighted by molar-refractivity contribution is 0.776. The summed E-state index contributed by atoms with van der Waals surface area (Å²) in [7, 11) is 0. The van der Waals surface area contributed by atoms with Crippen molar-refractivity contribution in [2.75, 3.05) is 0 Å². The third kappa shape index (κ3) is 2.51. The van der Waals surface area contributed by atoms with Gasteiger partial charge in [-0.3, -0.25) is 5.10 Å². The Hall–Kier alpha value is -2.53. The maximum absolute atomic E-state index is 5.38. The van der Waals surface area contributed by atoms with Gasteiger partial charge in [0.1, 0.15) is 0 Å². The fourth-order valence-corrected chi connectivity index (χ4v) is 3.41. The fraction of sp³-hybridized carbons (Fsp3) is 0.211. The van der Waals surface area contributed by atoms with E-state index >= 15 is 0 Å². The van der Waals surface area contributed by atoms with Crippen molar-refractivity contribution < 1.29 is 0 Å². The third-order valence-corrected chi connectivity index (χ3v) is 4.71. The number of benzene rings is 2. The van der Waals surface area contributed by atoms with Crippen LogP contribution < -0.4 is 0 Å². The molecular formula is C19H18N4S. The first-order chi connectivity index (χ1) is 11.8. The Kier molecular flexibility index (Phi) is 3.86. The zero-order valence-corrected chi connectivity index (χ0v) is 14.3. The van der Waals surface area contributed by atoms with Gasteiger partial charge in [0.15, 0.2) is 5.82 Å². The fourth-order valence-electron chi connectivity index (χ4n) is 3.22. The minimum Gasteiger partial charge on any atom is -0.250 e. The van der Waals surface area contributed by atoms with Crippen LogP contribution >= 0.6 is 12.2 Å². The molecule has 5 heteroatoms. The number of H-pyrrole nitrogens is 1. The first kappa shape index (κ1) is 15.0. The maximum Gasteiger partial charge on any atom is 0.216 e. The molecule has 0 atom stereocenters. The number of nitrogens with one attached hydrogen (secondary N) is 1. The van der Waals surface area contributed by atoms with Crippen LogP contribution in [-0.4, -0.2) is 20.6 Å². The summed E-state index contributed by atoms with van der Waals surface area (Å²) in [6.07, 6.45) is 2.81. The van der Waals surface area contributed by atoms with E-state index in [-0.39, 0.29) is 0 Å². The molecule has 4 rings (SSSR count). The predicted octanol–water partition coefficient (Wildman–Crippen LogP) is 3.90. The number of aryl methyl sites for hydroxylation is 3. The quantitative estimate of drug-likeness (QED) is 0.722. The van der Waals surface area contributed by atoms with Crippen LogP contribution in [0.25, 0.3) is 0 Å². The van der Waals surface area contributed by atoms with Crippen LogP contribution in [0.3, 0.4) is 0 Å². The first-order valence-corrected chi connectivity index (χ1v) is 8.60. The number of aromatic nitrogens is 3. The monoisotopic (exact) mass is 334 g/mol. The zero-order valence-electron chi connectivity index (χ0n) is 13.5. The van der Waals surface area contributed by atoms with Gasteiger partial charge in [-0.15, -0.1) is 0 Å². The molecule has 1 N–H and O–H groups in total. The molecule has 0 unspecified atom stereocenters. The van der Waals surface area contributed by atoms with Crippen molar-refractivity contribution >= 4 is 17.9 Å². The Morgan fingerprint density at radius 3 is 2.21 bits per heavy atom. The van der Waals surface area contributed by atoms with Crippen molar-refractivity contribution in [3.63, 3.8) is 0 Å². The molecule has 0 spiro atoms. The number of hydrogen-bond acceptors (Lipinski definition) is 3. The molecule has 0 saturated heterocycles. The van der Waals surface area contributed by atoms with E-state index in [4.69, 9.17) is 17.3 Å². The van der Waals surface area contributed by atoms with Crippen LogP contribution in [0.5, 0.6) is 0 Å². The summed E-state index contributed by atoms with van der Waals surface area (Å²) < 4.78 is 2.28. The van der Waals surface area contributed by atoms with Crippen molar-refractivity contribution in [2.24, 2.45) is 5.10 Å². The van der Waals surface area contributed by atoms with E-state index in [1.807, 2.05) is 0 Å². The number of rotatable bonds is 2. The van der Waals surface area contributed by atoms with Crippen LogP contribution in [0.15, 0.2) is 53.6 Å². The van der Waals surface area contributed by atoms with E-state index in [0.29, 0.717) is 4.77 Å². The highest BCUT2D eigenvalue weighted by Crippen LogP contribution is 2.25. The van der Waals surface area contributed by atoms with E-state index in [0.717, 1.165) is 30.8 Å². The van der Waals surface area contributed by atoms with Crippen LogP contribution in [0.2, 0.25) is 0 Å². The average molecular weight is 334 g/mol. The molecule has 24 heavy (non-hydrogen) atoms. The second-order valence-electron chi connectivity index (χ2n) is 5.87. The van der Waals surface area contributed by atoms with Gasteiger partial charge < -0.3 is 0 Å². The van der Waals surface area contributed by atoms with Gasteiger partial charge in [0.2, 0.25) is 4.77 Å². The molecule has 120 valence electrons. The van der Waals surface area contributed by atoms with Crippen LogP contribution in [0.1, 0.15) is 35.0 Å². The number of fused-ring (bicyclic) bond motifs is 2. The van der Waals surface area contributed by atoms with E-state index in [1.165, 1.54) is 22.3 Å². The topological polar surface area (TPSA) is 46.0 Å². The third-order valence-electron chi connectivity index (χ3n) is 4.44. The maximum atomic E-state index is 5.38. The summed E-state index contributed by atoms with van der Waals surface area (Å²) in [4.78, 5) is 0. The summed E-state index contributed by atoms with van der Waals surface area (Å²) in [5.74, 6) is 0.840. The van der Waals surface area contributed by atoms with Gasteiger partial charge in [0.05, 0.1) is 5.71 Å². The van der Waals surface area contributed by atoms with E-state index < -0.39 is 0 Å². The number of nitrogens with zero attached hydrogens (tertiary/aromatic N) is 3. The number of aromatic amines is 1. The van der Waals surface area contributed by atoms with Crippen molar-refractivity contribution in [2.45, 2.75) is 26.2 Å². The van der Waals surface area contributed by atoms with Gasteiger partial charge >= 0.3 is 0 Å². The molecule has 0 saturated carbocycles.